The van der Waals surface area contributed by atoms with Gasteiger partial charge in [-0.15, -0.1) is 0 Å². The molecule has 0 rings (SSSR count). The molecule has 0 radical (unpaired) electrons. The van der Waals surface area contributed by atoms with Crippen molar-refractivity contribution in [3.8, 4) is 0 Å². The Hall–Kier alpha value is -1.13. The van der Waals surface area contributed by atoms with Crippen LogP contribution in [0.3, 0.4) is 0 Å². The van der Waals surface area contributed by atoms with Gasteiger partial charge in [0.25, 0.3) is 0 Å². The highest BCUT2D eigenvalue weighted by Gasteiger charge is 2.10. The van der Waals surface area contributed by atoms with Crippen molar-refractivity contribution in [3.05, 3.63) is 23.8 Å². The fourth-order valence-corrected chi connectivity index (χ4v) is 0.582. The van der Waals surface area contributed by atoms with Crippen LogP contribution in [0.15, 0.2) is 23.8 Å². The first-order valence-electron chi connectivity index (χ1n) is 4.30. The summed E-state index contributed by atoms with van der Waals surface area (Å²) in [6.45, 7) is 8.68. The Labute approximate surface area is 83.8 Å². The van der Waals surface area contributed by atoms with Gasteiger partial charge in [-0.05, 0) is 26.3 Å². The van der Waals surface area contributed by atoms with Crippen LogP contribution < -0.4 is 0 Å². The third-order valence-electron chi connectivity index (χ3n) is 1.88. The fraction of sp³-hybridized carbons (Fsp3) is 0.500. The van der Waals surface area contributed by atoms with Crippen molar-refractivity contribution in [2.24, 2.45) is 0 Å². The molecule has 4 nitrogen and oxygen atoms in total. The second-order valence-corrected chi connectivity index (χ2v) is 2.95. The third kappa shape index (κ3) is 4.20. The minimum absolute atomic E-state index is 0.0474. The second kappa shape index (κ2) is 6.34. The van der Waals surface area contributed by atoms with Crippen LogP contribution in [-0.4, -0.2) is 23.9 Å². The van der Waals surface area contributed by atoms with Crippen molar-refractivity contribution in [2.45, 2.75) is 26.9 Å². The highest BCUT2D eigenvalue weighted by molar-refractivity contribution is 5.87. The van der Waals surface area contributed by atoms with Crippen molar-refractivity contribution in [1.29, 1.82) is 0 Å². The van der Waals surface area contributed by atoms with Crippen molar-refractivity contribution in [1.82, 2.24) is 0 Å². The molecule has 0 heterocycles. The lowest BCUT2D eigenvalue weighted by atomic mass is 10.2. The highest BCUT2D eigenvalue weighted by atomic mass is 17.1. The Morgan fingerprint density at radius 3 is 2.64 bits per heavy atom. The van der Waals surface area contributed by atoms with Crippen molar-refractivity contribution in [2.75, 3.05) is 6.61 Å². The Morgan fingerprint density at radius 2 is 2.21 bits per heavy atom. The number of rotatable bonds is 5. The molecule has 0 bridgehead atoms. The Bertz CT molecular complexity index is 243. The largest absolute Gasteiger partial charge is 0.458 e. The zero-order chi connectivity index (χ0) is 11.1. The molecule has 0 aliphatic rings. The molecule has 0 aliphatic heterocycles. The molecule has 0 saturated carbocycles. The van der Waals surface area contributed by atoms with Crippen LogP contribution in [0.1, 0.15) is 20.8 Å². The molecule has 0 aromatic rings. The van der Waals surface area contributed by atoms with Gasteiger partial charge in [0.05, 0.1) is 0 Å². The van der Waals surface area contributed by atoms with E-state index in [0.717, 1.165) is 0 Å². The number of allylic oxidation sites excluding steroid dienone is 1. The van der Waals surface area contributed by atoms with Crippen LogP contribution in [0.2, 0.25) is 0 Å². The van der Waals surface area contributed by atoms with Crippen LogP contribution in [-0.2, 0) is 14.4 Å². The first kappa shape index (κ1) is 12.9. The van der Waals surface area contributed by atoms with E-state index >= 15 is 0 Å². The van der Waals surface area contributed by atoms with E-state index in [2.05, 4.69) is 11.5 Å². The van der Waals surface area contributed by atoms with Crippen molar-refractivity contribution >= 4 is 5.97 Å². The van der Waals surface area contributed by atoms with Gasteiger partial charge in [-0.2, -0.15) is 0 Å². The van der Waals surface area contributed by atoms with E-state index in [1.807, 2.05) is 0 Å². The van der Waals surface area contributed by atoms with E-state index in [0.29, 0.717) is 11.1 Å². The van der Waals surface area contributed by atoms with E-state index < -0.39 is 12.1 Å². The zero-order valence-electron chi connectivity index (χ0n) is 8.74. The molecule has 0 aromatic heterocycles. The van der Waals surface area contributed by atoms with Gasteiger partial charge in [0.2, 0.25) is 0 Å². The number of carbonyl (C=O) groups excluding carboxylic acids is 1. The molecule has 0 aromatic carbocycles. The molecule has 0 fully saturated rings. The summed E-state index contributed by atoms with van der Waals surface area (Å²) in [6.07, 6.45) is 1.13. The summed E-state index contributed by atoms with van der Waals surface area (Å²) < 4.78 is 4.88. The van der Waals surface area contributed by atoms with Gasteiger partial charge >= 0.3 is 5.97 Å². The van der Waals surface area contributed by atoms with E-state index in [1.165, 1.54) is 0 Å². The summed E-state index contributed by atoms with van der Waals surface area (Å²) in [7, 11) is 0. The lowest BCUT2D eigenvalue weighted by molar-refractivity contribution is -0.265. The average molecular weight is 200 g/mol. The number of hydrogen-bond donors (Lipinski definition) is 1. The minimum Gasteiger partial charge on any atom is -0.458 e. The summed E-state index contributed by atoms with van der Waals surface area (Å²) in [4.78, 5) is 15.2. The summed E-state index contributed by atoms with van der Waals surface area (Å²) >= 11 is 0. The molecule has 1 atom stereocenters. The van der Waals surface area contributed by atoms with Gasteiger partial charge < -0.3 is 4.74 Å². The Kier molecular flexibility index (Phi) is 5.83. The summed E-state index contributed by atoms with van der Waals surface area (Å²) in [5.41, 5.74) is 1.04. The Balaban J connectivity index is 3.95. The van der Waals surface area contributed by atoms with Crippen molar-refractivity contribution < 1.29 is 19.7 Å². The third-order valence-corrected chi connectivity index (χ3v) is 1.88. The van der Waals surface area contributed by atoms with Crippen LogP contribution in [0, 0.1) is 0 Å². The lowest BCUT2D eigenvalue weighted by Crippen LogP contribution is -2.16. The number of ether oxygens (including phenoxy) is 1. The number of hydrogen-bond acceptors (Lipinski definition) is 4. The van der Waals surface area contributed by atoms with Gasteiger partial charge in [0.1, 0.15) is 12.7 Å². The van der Waals surface area contributed by atoms with Gasteiger partial charge in [0.15, 0.2) is 0 Å². The molecule has 1 unspecified atom stereocenters. The lowest BCUT2D eigenvalue weighted by Gasteiger charge is -2.11. The van der Waals surface area contributed by atoms with Crippen LogP contribution in [0.4, 0.5) is 0 Å². The zero-order valence-corrected chi connectivity index (χ0v) is 8.74. The van der Waals surface area contributed by atoms with Crippen LogP contribution in [0.5, 0.6) is 0 Å². The maximum absolute atomic E-state index is 11.2. The van der Waals surface area contributed by atoms with E-state index in [9.17, 15) is 4.79 Å². The molecule has 4 heteroatoms. The molecular formula is C10H16O4. The molecule has 14 heavy (non-hydrogen) atoms. The van der Waals surface area contributed by atoms with Crippen molar-refractivity contribution in [3.63, 3.8) is 0 Å². The fourth-order valence-electron chi connectivity index (χ4n) is 0.582. The van der Waals surface area contributed by atoms with Gasteiger partial charge in [-0.1, -0.05) is 12.7 Å². The monoisotopic (exact) mass is 200 g/mol. The first-order chi connectivity index (χ1) is 6.52. The minimum atomic E-state index is -0.534. The average Bonchev–Trinajstić information content (AvgIpc) is 2.22. The maximum Gasteiger partial charge on any atom is 0.333 e. The number of esters is 1. The molecule has 1 N–H and O–H groups in total. The number of carbonyl (C=O) groups is 1. The molecular weight excluding hydrogens is 184 g/mol. The predicted octanol–water partition coefficient (Wildman–Crippen LogP) is 1.93. The molecule has 80 valence electrons. The topological polar surface area (TPSA) is 55.8 Å². The molecule has 0 spiro atoms. The highest BCUT2D eigenvalue weighted by Crippen LogP contribution is 2.05. The van der Waals surface area contributed by atoms with Crippen LogP contribution >= 0.6 is 0 Å². The predicted molar refractivity (Wildman–Crippen MR) is 52.7 cm³/mol. The molecule has 0 amide bonds. The summed E-state index contributed by atoms with van der Waals surface area (Å²) in [5.74, 6) is -0.390. The van der Waals surface area contributed by atoms with Gasteiger partial charge in [-0.25, -0.2) is 9.68 Å². The van der Waals surface area contributed by atoms with E-state index in [4.69, 9.17) is 9.99 Å². The van der Waals surface area contributed by atoms with E-state index in [-0.39, 0.29) is 6.61 Å². The van der Waals surface area contributed by atoms with Crippen LogP contribution in [0.25, 0.3) is 0 Å². The Morgan fingerprint density at radius 1 is 1.64 bits per heavy atom. The standard InChI is InChI=1S/C10H16O4/c1-5-7(2)10(11)13-6-8(3)9(4)14-12/h5,9,12H,3,6H2,1-2,4H3. The second-order valence-electron chi connectivity index (χ2n) is 2.95. The SMILES string of the molecule is C=C(COC(=O)C(C)=CC)C(C)OO. The summed E-state index contributed by atoms with van der Waals surface area (Å²) in [5, 5.41) is 8.31. The van der Waals surface area contributed by atoms with Gasteiger partial charge in [-0.3, -0.25) is 5.26 Å². The van der Waals surface area contributed by atoms with Gasteiger partial charge in [0, 0.05) is 5.57 Å². The smallest absolute Gasteiger partial charge is 0.333 e. The summed E-state index contributed by atoms with van der Waals surface area (Å²) in [6, 6.07) is 0. The quantitative estimate of drug-likeness (QED) is 0.242. The first-order valence-corrected chi connectivity index (χ1v) is 4.30. The maximum atomic E-state index is 11.2. The normalized spacial score (nSPS) is 13.6. The van der Waals surface area contributed by atoms with E-state index in [1.54, 1.807) is 26.8 Å². The molecule has 0 saturated heterocycles. The molecule has 0 aliphatic carbocycles.